The monoisotopic (exact) mass is 308 g/mol. The lowest BCUT2D eigenvalue weighted by atomic mass is 10.2. The molecular weight excluding hydrogens is 284 g/mol. The first-order valence-corrected chi connectivity index (χ1v) is 8.40. The zero-order chi connectivity index (χ0) is 15.7. The van der Waals surface area contributed by atoms with E-state index >= 15 is 0 Å². The molecule has 116 valence electrons. The molecule has 2 amide bonds. The van der Waals surface area contributed by atoms with Crippen LogP contribution in [0.5, 0.6) is 0 Å². The minimum atomic E-state index is -0.0833. The highest BCUT2D eigenvalue weighted by Crippen LogP contribution is 2.10. The normalized spacial score (nSPS) is 11.8. The highest BCUT2D eigenvalue weighted by molar-refractivity contribution is 8.00. The lowest BCUT2D eigenvalue weighted by Gasteiger charge is -2.12. The van der Waals surface area contributed by atoms with E-state index in [1.54, 1.807) is 0 Å². The fraction of sp³-hybridized carbons (Fsp3) is 0.500. The molecular formula is C16H24N2O2S. The smallest absolute Gasteiger partial charge is 0.234 e. The van der Waals surface area contributed by atoms with E-state index in [2.05, 4.69) is 17.6 Å². The number of carbonyl (C=O) groups is 2. The molecule has 1 aromatic rings. The maximum absolute atomic E-state index is 11.8. The zero-order valence-corrected chi connectivity index (χ0v) is 13.8. The summed E-state index contributed by atoms with van der Waals surface area (Å²) in [5, 5.41) is 5.75. The van der Waals surface area contributed by atoms with Gasteiger partial charge < -0.3 is 10.6 Å². The second-order valence-electron chi connectivity index (χ2n) is 5.17. The summed E-state index contributed by atoms with van der Waals surface area (Å²) in [5.74, 6) is 0.503. The van der Waals surface area contributed by atoms with Gasteiger partial charge in [0.2, 0.25) is 11.8 Å². The van der Waals surface area contributed by atoms with Gasteiger partial charge in [0.1, 0.15) is 0 Å². The molecule has 1 aromatic carbocycles. The van der Waals surface area contributed by atoms with Crippen molar-refractivity contribution in [2.45, 2.75) is 39.7 Å². The van der Waals surface area contributed by atoms with Crippen molar-refractivity contribution >= 4 is 29.3 Å². The van der Waals surface area contributed by atoms with Gasteiger partial charge >= 0.3 is 0 Å². The minimum Gasteiger partial charge on any atom is -0.353 e. The van der Waals surface area contributed by atoms with E-state index in [0.717, 1.165) is 24.1 Å². The van der Waals surface area contributed by atoms with Gasteiger partial charge in [0, 0.05) is 11.7 Å². The van der Waals surface area contributed by atoms with Crippen LogP contribution in [0.2, 0.25) is 0 Å². The van der Waals surface area contributed by atoms with Crippen molar-refractivity contribution in [3.8, 4) is 0 Å². The van der Waals surface area contributed by atoms with Crippen molar-refractivity contribution in [2.24, 2.45) is 0 Å². The molecule has 5 heteroatoms. The summed E-state index contributed by atoms with van der Waals surface area (Å²) in [6.45, 7) is 6.07. The van der Waals surface area contributed by atoms with Crippen LogP contribution in [0.25, 0.3) is 0 Å². The topological polar surface area (TPSA) is 58.2 Å². The molecule has 0 fully saturated rings. The van der Waals surface area contributed by atoms with E-state index < -0.39 is 0 Å². The number of benzene rings is 1. The average Bonchev–Trinajstić information content (AvgIpc) is 2.38. The van der Waals surface area contributed by atoms with Gasteiger partial charge in [-0.3, -0.25) is 9.59 Å². The molecule has 21 heavy (non-hydrogen) atoms. The maximum atomic E-state index is 11.8. The second kappa shape index (κ2) is 9.45. The molecule has 0 bridgehead atoms. The number of anilines is 1. The van der Waals surface area contributed by atoms with Crippen molar-refractivity contribution in [3.05, 3.63) is 29.8 Å². The first-order valence-electron chi connectivity index (χ1n) is 7.25. The van der Waals surface area contributed by atoms with Crippen LogP contribution in [-0.2, 0) is 9.59 Å². The number of hydrogen-bond acceptors (Lipinski definition) is 3. The van der Waals surface area contributed by atoms with Crippen LogP contribution < -0.4 is 10.6 Å². The Morgan fingerprint density at radius 2 is 1.95 bits per heavy atom. The molecule has 1 rings (SSSR count). The first-order chi connectivity index (χ1) is 10.0. The molecule has 1 unspecified atom stereocenters. The molecule has 2 N–H and O–H groups in total. The minimum absolute atomic E-state index is 0.00990. The van der Waals surface area contributed by atoms with Gasteiger partial charge in [-0.1, -0.05) is 25.5 Å². The van der Waals surface area contributed by atoms with E-state index in [9.17, 15) is 9.59 Å². The number of amides is 2. The highest BCUT2D eigenvalue weighted by Gasteiger charge is 2.08. The fourth-order valence-electron chi connectivity index (χ4n) is 1.98. The Morgan fingerprint density at radius 3 is 2.62 bits per heavy atom. The van der Waals surface area contributed by atoms with Gasteiger partial charge in [0.15, 0.2) is 0 Å². The van der Waals surface area contributed by atoms with E-state index in [-0.39, 0.29) is 23.6 Å². The van der Waals surface area contributed by atoms with Crippen LogP contribution in [0.3, 0.4) is 0 Å². The molecule has 0 aliphatic rings. The van der Waals surface area contributed by atoms with Gasteiger partial charge in [-0.05, 0) is 38.0 Å². The summed E-state index contributed by atoms with van der Waals surface area (Å²) in [4.78, 5) is 23.4. The van der Waals surface area contributed by atoms with E-state index in [1.807, 2.05) is 38.1 Å². The van der Waals surface area contributed by atoms with Crippen LogP contribution in [0.1, 0.15) is 32.3 Å². The molecule has 1 atom stereocenters. The molecule has 0 saturated carbocycles. The Bertz CT molecular complexity index is 477. The summed E-state index contributed by atoms with van der Waals surface area (Å²) in [6.07, 6.45) is 2.03. The lowest BCUT2D eigenvalue weighted by molar-refractivity contribution is -0.119. The van der Waals surface area contributed by atoms with Gasteiger partial charge in [0.05, 0.1) is 11.5 Å². The third-order valence-corrected chi connectivity index (χ3v) is 3.83. The Kier molecular flexibility index (Phi) is 7.90. The van der Waals surface area contributed by atoms with Crippen LogP contribution in [0, 0.1) is 6.92 Å². The first kappa shape index (κ1) is 17.6. The maximum Gasteiger partial charge on any atom is 0.234 e. The number of carbonyl (C=O) groups excluding carboxylic acids is 2. The fourth-order valence-corrected chi connectivity index (χ4v) is 2.61. The van der Waals surface area contributed by atoms with Gasteiger partial charge in [-0.2, -0.15) is 0 Å². The summed E-state index contributed by atoms with van der Waals surface area (Å²) in [5.41, 5.74) is 1.89. The number of aryl methyl sites for hydroxylation is 1. The number of nitrogens with one attached hydrogen (secondary N) is 2. The summed E-state index contributed by atoms with van der Waals surface area (Å²) >= 11 is 1.33. The van der Waals surface area contributed by atoms with Crippen LogP contribution in [0.15, 0.2) is 24.3 Å². The van der Waals surface area contributed by atoms with Gasteiger partial charge in [-0.15, -0.1) is 11.8 Å². The number of rotatable bonds is 8. The zero-order valence-electron chi connectivity index (χ0n) is 12.9. The van der Waals surface area contributed by atoms with Crippen LogP contribution >= 0.6 is 11.8 Å². The summed E-state index contributed by atoms with van der Waals surface area (Å²) in [6, 6.07) is 7.85. The summed E-state index contributed by atoms with van der Waals surface area (Å²) in [7, 11) is 0. The molecule has 4 nitrogen and oxygen atoms in total. The molecule has 0 aromatic heterocycles. The largest absolute Gasteiger partial charge is 0.353 e. The Morgan fingerprint density at radius 1 is 1.24 bits per heavy atom. The van der Waals surface area contributed by atoms with Crippen molar-refractivity contribution in [3.63, 3.8) is 0 Å². The van der Waals surface area contributed by atoms with E-state index in [4.69, 9.17) is 0 Å². The third-order valence-electron chi connectivity index (χ3n) is 2.90. The van der Waals surface area contributed by atoms with Crippen molar-refractivity contribution < 1.29 is 9.59 Å². The summed E-state index contributed by atoms with van der Waals surface area (Å²) < 4.78 is 0. The van der Waals surface area contributed by atoms with Gasteiger partial charge in [-0.25, -0.2) is 0 Å². The highest BCUT2D eigenvalue weighted by atomic mass is 32.2. The molecule has 0 aliphatic heterocycles. The van der Waals surface area contributed by atoms with Crippen molar-refractivity contribution in [1.29, 1.82) is 0 Å². The van der Waals surface area contributed by atoms with Gasteiger partial charge in [0.25, 0.3) is 0 Å². The SMILES string of the molecule is CCCC(C)NC(=O)CSCC(=O)Nc1cccc(C)c1. The molecule has 0 aliphatic carbocycles. The van der Waals surface area contributed by atoms with Crippen LogP contribution in [-0.4, -0.2) is 29.4 Å². The van der Waals surface area contributed by atoms with Crippen molar-refractivity contribution in [1.82, 2.24) is 5.32 Å². The van der Waals surface area contributed by atoms with E-state index in [0.29, 0.717) is 5.75 Å². The predicted molar refractivity (Wildman–Crippen MR) is 89.6 cm³/mol. The molecule has 0 saturated heterocycles. The Labute approximate surface area is 131 Å². The second-order valence-corrected chi connectivity index (χ2v) is 6.15. The molecule has 0 radical (unpaired) electrons. The third kappa shape index (κ3) is 7.75. The molecule has 0 spiro atoms. The van der Waals surface area contributed by atoms with E-state index in [1.165, 1.54) is 11.8 Å². The standard InChI is InChI=1S/C16H24N2O2S/c1-4-6-13(3)17-15(19)10-21-11-16(20)18-14-8-5-7-12(2)9-14/h5,7-9,13H,4,6,10-11H2,1-3H3,(H,17,19)(H,18,20). The Hall–Kier alpha value is -1.49. The van der Waals surface area contributed by atoms with Crippen LogP contribution in [0.4, 0.5) is 5.69 Å². The number of hydrogen-bond donors (Lipinski definition) is 2. The lowest BCUT2D eigenvalue weighted by Crippen LogP contribution is -2.34. The Balaban J connectivity index is 2.23. The quantitative estimate of drug-likeness (QED) is 0.776. The number of thioether (sulfide) groups is 1. The average molecular weight is 308 g/mol. The van der Waals surface area contributed by atoms with Crippen molar-refractivity contribution in [2.75, 3.05) is 16.8 Å². The predicted octanol–water partition coefficient (Wildman–Crippen LogP) is 2.97. The molecule has 0 heterocycles.